The fraction of sp³-hybridized carbons (Fsp3) is 0.240. The second-order valence-electron chi connectivity index (χ2n) is 15.4. The quantitative estimate of drug-likeness (QED) is 0.101. The Morgan fingerprint density at radius 1 is 0.621 bits per heavy atom. The molecule has 0 N–H and O–H groups in total. The van der Waals surface area contributed by atoms with Crippen molar-refractivity contribution in [1.82, 2.24) is 14.4 Å². The third-order valence-corrected chi connectivity index (χ3v) is 10.9. The number of fused-ring (bicyclic) bond motifs is 3. The molecule has 2 aliphatic heterocycles. The molecule has 0 saturated heterocycles. The van der Waals surface area contributed by atoms with Crippen molar-refractivity contribution in [2.24, 2.45) is 0 Å². The first-order valence-corrected chi connectivity index (χ1v) is 20.1. The van der Waals surface area contributed by atoms with Crippen LogP contribution in [0.25, 0.3) is 16.9 Å². The van der Waals surface area contributed by atoms with Crippen LogP contribution in [0.5, 0.6) is 0 Å². The molecule has 5 aromatic carbocycles. The van der Waals surface area contributed by atoms with Crippen LogP contribution in [-0.4, -0.2) is 27.5 Å². The first kappa shape index (κ1) is 40.8. The van der Waals surface area contributed by atoms with Crippen molar-refractivity contribution >= 4 is 39.8 Å². The van der Waals surface area contributed by atoms with Crippen LogP contribution < -0.4 is 19.6 Å². The average Bonchev–Trinajstić information content (AvgIpc) is 3.90. The fourth-order valence-electron chi connectivity index (χ4n) is 7.47. The van der Waals surface area contributed by atoms with Crippen LogP contribution in [0.1, 0.15) is 74.9 Å². The number of aryl methyl sites for hydroxylation is 2. The summed E-state index contributed by atoms with van der Waals surface area (Å²) in [7, 11) is 0. The molecule has 299 valence electrons. The van der Waals surface area contributed by atoms with Gasteiger partial charge in [0.05, 0.1) is 5.69 Å². The summed E-state index contributed by atoms with van der Waals surface area (Å²) in [5.74, 6) is 1.01. The Hall–Kier alpha value is -5.43. The summed E-state index contributed by atoms with van der Waals surface area (Å²) in [6, 6.07) is 48.4. The minimum absolute atomic E-state index is 0. The summed E-state index contributed by atoms with van der Waals surface area (Å²) >= 11 is 0. The standard InChI is InChI=1S/C36H38N4.C14H12N3.Ir/c1-27(2)29-15-19-31(20-16-29)39-25-37(33-11-5-7-13-35(33)39)23-9-10-24-38-26-40(36-14-8-6-12-34(36)38)32-21-17-30(18-22-32)28(3)4;1-10-11(2)17-9-8-15-13(14(17)16-10)12-6-4-3-5-7-12;/h5-8,11-19,21,25-28H,9-10,23-24H2,1-4H3;3-6,8-9H,1-2H3;/q-4;-1;. The molecule has 0 bridgehead atoms. The zero-order valence-electron chi connectivity index (χ0n) is 34.1. The molecule has 9 rings (SSSR count). The minimum Gasteiger partial charge on any atom is -0.501 e. The smallest absolute Gasteiger partial charge is 0.120 e. The predicted molar refractivity (Wildman–Crippen MR) is 235 cm³/mol. The second-order valence-corrected chi connectivity index (χ2v) is 15.4. The van der Waals surface area contributed by atoms with Crippen LogP contribution in [0.2, 0.25) is 0 Å². The molecule has 7 nitrogen and oxygen atoms in total. The van der Waals surface area contributed by atoms with Gasteiger partial charge >= 0.3 is 0 Å². The number of unbranched alkanes of at least 4 members (excludes halogenated alkanes) is 1. The third kappa shape index (κ3) is 8.41. The van der Waals surface area contributed by atoms with Gasteiger partial charge in [-0.15, -0.1) is 59.4 Å². The number of aromatic nitrogens is 3. The average molecular weight is 941 g/mol. The summed E-state index contributed by atoms with van der Waals surface area (Å²) in [6.45, 7) is 19.4. The molecule has 4 heterocycles. The molecule has 0 saturated carbocycles. The molecule has 1 radical (unpaired) electrons. The maximum atomic E-state index is 4.57. The molecular formula is C50H50IrN7-5. The van der Waals surface area contributed by atoms with E-state index < -0.39 is 0 Å². The Morgan fingerprint density at radius 3 is 1.60 bits per heavy atom. The summed E-state index contributed by atoms with van der Waals surface area (Å²) in [5.41, 5.74) is 14.7. The van der Waals surface area contributed by atoms with E-state index in [2.05, 4.69) is 185 Å². The van der Waals surface area contributed by atoms with Crippen molar-refractivity contribution in [2.45, 2.75) is 66.2 Å². The van der Waals surface area contributed by atoms with E-state index in [1.54, 1.807) is 6.20 Å². The van der Waals surface area contributed by atoms with Gasteiger partial charge in [0.15, 0.2) is 0 Å². The van der Waals surface area contributed by atoms with Crippen LogP contribution in [0.15, 0.2) is 122 Å². The van der Waals surface area contributed by atoms with Gasteiger partial charge in [0.2, 0.25) is 0 Å². The first-order valence-electron chi connectivity index (χ1n) is 20.1. The molecule has 2 aliphatic rings. The Morgan fingerprint density at radius 2 is 1.14 bits per heavy atom. The Balaban J connectivity index is 0.000000237. The Kier molecular flexibility index (Phi) is 12.7. The van der Waals surface area contributed by atoms with Gasteiger partial charge in [0, 0.05) is 66.6 Å². The molecule has 0 aliphatic carbocycles. The maximum Gasteiger partial charge on any atom is 0.120 e. The van der Waals surface area contributed by atoms with Crippen molar-refractivity contribution < 1.29 is 20.1 Å². The number of rotatable bonds is 10. The van der Waals surface area contributed by atoms with E-state index >= 15 is 0 Å². The van der Waals surface area contributed by atoms with Crippen LogP contribution in [0, 0.1) is 45.4 Å². The number of nitrogens with zero attached hydrogens (tertiary/aromatic N) is 7. The number of hydrogen-bond acceptors (Lipinski definition) is 6. The summed E-state index contributed by atoms with van der Waals surface area (Å²) in [6.07, 6.45) is 5.93. The van der Waals surface area contributed by atoms with E-state index in [0.29, 0.717) is 11.8 Å². The number of anilines is 6. The zero-order valence-corrected chi connectivity index (χ0v) is 36.5. The van der Waals surface area contributed by atoms with Crippen molar-refractivity contribution in [3.05, 3.63) is 176 Å². The number of benzene rings is 5. The normalized spacial score (nSPS) is 13.2. The zero-order chi connectivity index (χ0) is 39.5. The van der Waals surface area contributed by atoms with Gasteiger partial charge in [-0.2, -0.15) is 60.9 Å². The monoisotopic (exact) mass is 941 g/mol. The SMILES string of the molecule is CC(C)c1c[c-]c(N2[CH-]N(CCCCN3[CH-]N(c4[c-]cc(C(C)C)cc4)c4ccccc43)c3ccccc32)cc1.Cc1nc2c(-c3[c-]cccc3)nccn2c1C.[Ir]. The molecule has 0 unspecified atom stereocenters. The second kappa shape index (κ2) is 18.0. The molecule has 0 fully saturated rings. The summed E-state index contributed by atoms with van der Waals surface area (Å²) in [4.78, 5) is 18.3. The van der Waals surface area contributed by atoms with Crippen LogP contribution in [0.4, 0.5) is 34.1 Å². The molecule has 8 heteroatoms. The van der Waals surface area contributed by atoms with Crippen molar-refractivity contribution in [3.8, 4) is 11.3 Å². The molecule has 2 aromatic heterocycles. The Bertz CT molecular complexity index is 2310. The van der Waals surface area contributed by atoms with E-state index in [4.69, 9.17) is 0 Å². The van der Waals surface area contributed by atoms with Crippen LogP contribution in [0.3, 0.4) is 0 Å². The van der Waals surface area contributed by atoms with Gasteiger partial charge in [-0.3, -0.25) is 4.98 Å². The maximum absolute atomic E-state index is 4.57. The number of hydrogen-bond donors (Lipinski definition) is 0. The van der Waals surface area contributed by atoms with E-state index in [1.807, 2.05) is 37.4 Å². The summed E-state index contributed by atoms with van der Waals surface area (Å²) in [5, 5.41) is 0. The van der Waals surface area contributed by atoms with Gasteiger partial charge in [-0.05, 0) is 64.0 Å². The Labute approximate surface area is 358 Å². The topological polar surface area (TPSA) is 43.2 Å². The number of para-hydroxylation sites is 4. The van der Waals surface area contributed by atoms with Gasteiger partial charge in [0.1, 0.15) is 5.65 Å². The predicted octanol–water partition coefficient (Wildman–Crippen LogP) is 12.0. The number of imidazole rings is 1. The van der Waals surface area contributed by atoms with Gasteiger partial charge in [-0.1, -0.05) is 63.8 Å². The summed E-state index contributed by atoms with van der Waals surface area (Å²) < 4.78 is 2.07. The van der Waals surface area contributed by atoms with Gasteiger partial charge < -0.3 is 24.0 Å². The van der Waals surface area contributed by atoms with E-state index in [0.717, 1.165) is 65.6 Å². The van der Waals surface area contributed by atoms with Crippen LogP contribution >= 0.6 is 0 Å². The van der Waals surface area contributed by atoms with E-state index in [1.165, 1.54) is 33.9 Å². The minimum atomic E-state index is 0. The largest absolute Gasteiger partial charge is 0.501 e. The molecule has 7 aromatic rings. The fourth-order valence-corrected chi connectivity index (χ4v) is 7.47. The molecule has 0 atom stereocenters. The van der Waals surface area contributed by atoms with Crippen molar-refractivity contribution in [2.75, 3.05) is 32.7 Å². The first-order chi connectivity index (χ1) is 27.8. The van der Waals surface area contributed by atoms with Gasteiger partial charge in [0.25, 0.3) is 0 Å². The van der Waals surface area contributed by atoms with E-state index in [9.17, 15) is 0 Å². The van der Waals surface area contributed by atoms with Crippen LogP contribution in [-0.2, 0) is 20.1 Å². The molecule has 58 heavy (non-hydrogen) atoms. The van der Waals surface area contributed by atoms with Gasteiger partial charge in [-0.25, -0.2) is 4.98 Å². The van der Waals surface area contributed by atoms with E-state index in [-0.39, 0.29) is 20.1 Å². The molecule has 0 spiro atoms. The molecule has 0 amide bonds. The third-order valence-electron chi connectivity index (χ3n) is 10.9. The van der Waals surface area contributed by atoms with Crippen molar-refractivity contribution in [1.29, 1.82) is 0 Å². The van der Waals surface area contributed by atoms with Crippen molar-refractivity contribution in [3.63, 3.8) is 0 Å². The molecular weight excluding hydrogens is 891 g/mol.